The molecule has 0 fully saturated rings. The third-order valence-electron chi connectivity index (χ3n) is 3.11. The highest BCUT2D eigenvalue weighted by Crippen LogP contribution is 2.29. The normalized spacial score (nSPS) is 10.9. The molecule has 0 amide bonds. The SMILES string of the molecule is COC(=O)c1ccc(-c2cccc(NS(C)(=O)=O)c2)cc1OC. The third kappa shape index (κ3) is 4.23. The molecule has 0 aliphatic rings. The molecule has 7 heteroatoms. The van der Waals surface area contributed by atoms with Gasteiger partial charge < -0.3 is 9.47 Å². The van der Waals surface area contributed by atoms with Crippen LogP contribution in [0.3, 0.4) is 0 Å². The summed E-state index contributed by atoms with van der Waals surface area (Å²) in [4.78, 5) is 11.7. The summed E-state index contributed by atoms with van der Waals surface area (Å²) in [6.45, 7) is 0. The Bertz CT molecular complexity index is 830. The van der Waals surface area contributed by atoms with Crippen LogP contribution in [0.4, 0.5) is 5.69 Å². The minimum Gasteiger partial charge on any atom is -0.496 e. The van der Waals surface area contributed by atoms with Gasteiger partial charge in [-0.2, -0.15) is 0 Å². The van der Waals surface area contributed by atoms with Gasteiger partial charge in [0.15, 0.2) is 0 Å². The van der Waals surface area contributed by atoms with Crippen molar-refractivity contribution in [1.29, 1.82) is 0 Å². The van der Waals surface area contributed by atoms with Crippen LogP contribution < -0.4 is 9.46 Å². The molecule has 2 rings (SSSR count). The van der Waals surface area contributed by atoms with Gasteiger partial charge in [0.05, 0.1) is 20.5 Å². The fraction of sp³-hybridized carbons (Fsp3) is 0.188. The van der Waals surface area contributed by atoms with E-state index in [0.29, 0.717) is 17.0 Å². The molecule has 0 bridgehead atoms. The molecule has 6 nitrogen and oxygen atoms in total. The zero-order valence-electron chi connectivity index (χ0n) is 13.0. The van der Waals surface area contributed by atoms with Gasteiger partial charge in [-0.1, -0.05) is 18.2 Å². The molecular formula is C16H17NO5S. The lowest BCUT2D eigenvalue weighted by atomic mass is 10.0. The number of rotatable bonds is 5. The second kappa shape index (κ2) is 6.70. The Balaban J connectivity index is 2.43. The van der Waals surface area contributed by atoms with Gasteiger partial charge in [-0.25, -0.2) is 13.2 Å². The number of ether oxygens (including phenoxy) is 2. The number of esters is 1. The Kier molecular flexibility index (Phi) is 4.90. The molecule has 0 radical (unpaired) electrons. The molecule has 122 valence electrons. The van der Waals surface area contributed by atoms with Crippen LogP contribution in [-0.4, -0.2) is 34.9 Å². The van der Waals surface area contributed by atoms with E-state index in [2.05, 4.69) is 4.72 Å². The van der Waals surface area contributed by atoms with E-state index in [-0.39, 0.29) is 0 Å². The molecule has 1 N–H and O–H groups in total. The van der Waals surface area contributed by atoms with Crippen molar-refractivity contribution in [2.24, 2.45) is 0 Å². The number of hydrogen-bond donors (Lipinski definition) is 1. The van der Waals surface area contributed by atoms with Crippen molar-refractivity contribution in [3.8, 4) is 16.9 Å². The van der Waals surface area contributed by atoms with E-state index >= 15 is 0 Å². The van der Waals surface area contributed by atoms with Crippen molar-refractivity contribution in [3.63, 3.8) is 0 Å². The van der Waals surface area contributed by atoms with E-state index in [4.69, 9.17) is 9.47 Å². The van der Waals surface area contributed by atoms with Crippen molar-refractivity contribution in [1.82, 2.24) is 0 Å². The summed E-state index contributed by atoms with van der Waals surface area (Å²) < 4.78 is 35.0. The van der Waals surface area contributed by atoms with Gasteiger partial charge in [-0.3, -0.25) is 4.72 Å². The number of anilines is 1. The van der Waals surface area contributed by atoms with Crippen molar-refractivity contribution < 1.29 is 22.7 Å². The summed E-state index contributed by atoms with van der Waals surface area (Å²) in [5, 5.41) is 0. The van der Waals surface area contributed by atoms with Crippen LogP contribution in [0.1, 0.15) is 10.4 Å². The standard InChI is InChI=1S/C16H17NO5S/c1-21-15-10-12(7-8-14(15)16(18)22-2)11-5-4-6-13(9-11)17-23(3,19)20/h4-10,17H,1-3H3. The van der Waals surface area contributed by atoms with Gasteiger partial charge in [-0.15, -0.1) is 0 Å². The quantitative estimate of drug-likeness (QED) is 0.849. The number of benzene rings is 2. The van der Waals surface area contributed by atoms with E-state index < -0.39 is 16.0 Å². The molecular weight excluding hydrogens is 318 g/mol. The first-order valence-electron chi connectivity index (χ1n) is 6.68. The average Bonchev–Trinajstić information content (AvgIpc) is 2.52. The van der Waals surface area contributed by atoms with Crippen LogP contribution in [0, 0.1) is 0 Å². The van der Waals surface area contributed by atoms with Crippen molar-refractivity contribution in [2.45, 2.75) is 0 Å². The van der Waals surface area contributed by atoms with Gasteiger partial charge >= 0.3 is 5.97 Å². The van der Waals surface area contributed by atoms with Crippen molar-refractivity contribution in [2.75, 3.05) is 25.2 Å². The fourth-order valence-corrected chi connectivity index (χ4v) is 2.68. The van der Waals surface area contributed by atoms with Gasteiger partial charge in [0, 0.05) is 5.69 Å². The summed E-state index contributed by atoms with van der Waals surface area (Å²) in [5.74, 6) is -0.100. The van der Waals surface area contributed by atoms with Crippen LogP contribution in [0.2, 0.25) is 0 Å². The monoisotopic (exact) mass is 335 g/mol. The molecule has 0 aliphatic heterocycles. The highest BCUT2D eigenvalue weighted by molar-refractivity contribution is 7.92. The van der Waals surface area contributed by atoms with E-state index in [1.54, 1.807) is 36.4 Å². The number of nitrogens with one attached hydrogen (secondary N) is 1. The average molecular weight is 335 g/mol. The maximum Gasteiger partial charge on any atom is 0.341 e. The van der Waals surface area contributed by atoms with Crippen molar-refractivity contribution in [3.05, 3.63) is 48.0 Å². The predicted octanol–water partition coefficient (Wildman–Crippen LogP) is 2.52. The second-order valence-electron chi connectivity index (χ2n) is 4.86. The van der Waals surface area contributed by atoms with Crippen LogP contribution in [0.25, 0.3) is 11.1 Å². The highest BCUT2D eigenvalue weighted by Gasteiger charge is 2.14. The molecule has 0 saturated heterocycles. The Labute approximate surface area is 135 Å². The topological polar surface area (TPSA) is 81.7 Å². The Morgan fingerprint density at radius 1 is 1.04 bits per heavy atom. The van der Waals surface area contributed by atoms with Gasteiger partial charge in [0.2, 0.25) is 10.0 Å². The summed E-state index contributed by atoms with van der Waals surface area (Å²) in [5.41, 5.74) is 2.35. The van der Waals surface area contributed by atoms with E-state index in [9.17, 15) is 13.2 Å². The fourth-order valence-electron chi connectivity index (χ4n) is 2.13. The third-order valence-corrected chi connectivity index (χ3v) is 3.71. The summed E-state index contributed by atoms with van der Waals surface area (Å²) in [6, 6.07) is 12.0. The number of sulfonamides is 1. The lowest BCUT2D eigenvalue weighted by Crippen LogP contribution is -2.09. The number of carbonyl (C=O) groups excluding carboxylic acids is 1. The molecule has 0 aromatic heterocycles. The molecule has 23 heavy (non-hydrogen) atoms. The zero-order chi connectivity index (χ0) is 17.0. The maximum absolute atomic E-state index is 11.7. The Morgan fingerprint density at radius 2 is 1.74 bits per heavy atom. The maximum atomic E-state index is 11.7. The van der Waals surface area contributed by atoms with Crippen molar-refractivity contribution >= 4 is 21.7 Å². The first-order valence-corrected chi connectivity index (χ1v) is 8.58. The van der Waals surface area contributed by atoms with E-state index in [1.165, 1.54) is 14.2 Å². The predicted molar refractivity (Wildman–Crippen MR) is 88.2 cm³/mol. The molecule has 0 spiro atoms. The molecule has 0 aliphatic carbocycles. The largest absolute Gasteiger partial charge is 0.496 e. The number of carbonyl (C=O) groups is 1. The second-order valence-corrected chi connectivity index (χ2v) is 6.61. The van der Waals surface area contributed by atoms with Crippen LogP contribution in [0.5, 0.6) is 5.75 Å². The van der Waals surface area contributed by atoms with Gasteiger partial charge in [0.25, 0.3) is 0 Å². The summed E-state index contributed by atoms with van der Waals surface area (Å²) >= 11 is 0. The van der Waals surface area contributed by atoms with E-state index in [0.717, 1.165) is 17.4 Å². The lowest BCUT2D eigenvalue weighted by molar-refractivity contribution is 0.0597. The van der Waals surface area contributed by atoms with Crippen LogP contribution >= 0.6 is 0 Å². The van der Waals surface area contributed by atoms with Crippen LogP contribution in [0.15, 0.2) is 42.5 Å². The minimum atomic E-state index is -3.35. The highest BCUT2D eigenvalue weighted by atomic mass is 32.2. The number of methoxy groups -OCH3 is 2. The summed E-state index contributed by atoms with van der Waals surface area (Å²) in [6.07, 6.45) is 1.09. The molecule has 2 aromatic rings. The molecule has 0 atom stereocenters. The Morgan fingerprint density at radius 3 is 2.35 bits per heavy atom. The first-order chi connectivity index (χ1) is 10.8. The smallest absolute Gasteiger partial charge is 0.341 e. The lowest BCUT2D eigenvalue weighted by Gasteiger charge is -2.11. The molecule has 0 unspecified atom stereocenters. The molecule has 0 saturated carbocycles. The van der Waals surface area contributed by atoms with Gasteiger partial charge in [0.1, 0.15) is 11.3 Å². The van der Waals surface area contributed by atoms with E-state index in [1.807, 2.05) is 6.07 Å². The molecule has 2 aromatic carbocycles. The first kappa shape index (κ1) is 16.8. The zero-order valence-corrected chi connectivity index (χ0v) is 13.8. The minimum absolute atomic E-state index is 0.323. The van der Waals surface area contributed by atoms with Crippen LogP contribution in [-0.2, 0) is 14.8 Å². The summed E-state index contributed by atoms with van der Waals surface area (Å²) in [7, 11) is -0.579. The Hall–Kier alpha value is -2.54. The number of hydrogen-bond acceptors (Lipinski definition) is 5. The van der Waals surface area contributed by atoms with Gasteiger partial charge in [-0.05, 0) is 35.4 Å². The molecule has 0 heterocycles.